The molecule has 0 aromatic carbocycles. The van der Waals surface area contributed by atoms with E-state index in [0.29, 0.717) is 24.2 Å². The second-order valence-corrected chi connectivity index (χ2v) is 9.20. The lowest BCUT2D eigenvalue weighted by Gasteiger charge is -2.57. The van der Waals surface area contributed by atoms with Crippen molar-refractivity contribution in [3.8, 4) is 17.2 Å². The van der Waals surface area contributed by atoms with E-state index in [9.17, 15) is 5.26 Å². The van der Waals surface area contributed by atoms with Crippen LogP contribution in [0.1, 0.15) is 12.0 Å². The van der Waals surface area contributed by atoms with Crippen molar-refractivity contribution in [1.29, 1.82) is 5.26 Å². The van der Waals surface area contributed by atoms with E-state index in [-0.39, 0.29) is 5.92 Å². The Hall–Kier alpha value is -3.54. The topological polar surface area (TPSA) is 81.1 Å². The van der Waals surface area contributed by atoms with Gasteiger partial charge in [0.15, 0.2) is 0 Å². The number of hydrogen-bond acceptors (Lipinski definition) is 6. The molecule has 8 heteroatoms. The summed E-state index contributed by atoms with van der Waals surface area (Å²) in [6.45, 7) is 2.37. The van der Waals surface area contributed by atoms with Crippen LogP contribution in [-0.2, 0) is 4.74 Å². The number of hydrogen-bond donors (Lipinski definition) is 1. The molecule has 7 nitrogen and oxygen atoms in total. The van der Waals surface area contributed by atoms with Gasteiger partial charge in [0.2, 0.25) is 5.85 Å². The van der Waals surface area contributed by atoms with E-state index < -0.39 is 5.85 Å². The summed E-state index contributed by atoms with van der Waals surface area (Å²) in [5.74, 6) is -1.12. The average molecular weight is 457 g/mol. The van der Waals surface area contributed by atoms with Gasteiger partial charge in [-0.2, -0.15) is 5.26 Å². The first kappa shape index (κ1) is 21.0. The number of rotatable bonds is 5. The van der Waals surface area contributed by atoms with Crippen LogP contribution in [0.2, 0.25) is 0 Å². The molecule has 6 heterocycles. The summed E-state index contributed by atoms with van der Waals surface area (Å²) < 4.78 is 20.3. The molecule has 2 bridgehead atoms. The molecule has 4 aliphatic rings. The lowest BCUT2D eigenvalue weighted by atomic mass is 9.84. The van der Waals surface area contributed by atoms with Gasteiger partial charge in [-0.25, -0.2) is 14.4 Å². The molecule has 3 aromatic rings. The summed E-state index contributed by atoms with van der Waals surface area (Å²) in [5, 5.41) is 10.5. The van der Waals surface area contributed by atoms with Gasteiger partial charge in [-0.15, -0.1) is 0 Å². The largest absolute Gasteiger partial charge is 0.353 e. The Bertz CT molecular complexity index is 1310. The SMILES string of the molecule is COC1(F)C=CC=CC1CN1C2CC1CN(c1ccc(-c3c(C#N)cnc4[nH]ccc34)cn1)C2. The minimum Gasteiger partial charge on any atom is -0.353 e. The number of nitrogens with one attached hydrogen (secondary N) is 1. The minimum atomic E-state index is -1.74. The van der Waals surface area contributed by atoms with Gasteiger partial charge in [0.05, 0.1) is 11.5 Å². The molecular formula is C26H25FN6O. The van der Waals surface area contributed by atoms with Crippen LogP contribution in [0, 0.1) is 17.2 Å². The quantitative estimate of drug-likeness (QED) is 0.629. The van der Waals surface area contributed by atoms with Crippen molar-refractivity contribution in [3.63, 3.8) is 0 Å². The molecule has 34 heavy (non-hydrogen) atoms. The molecule has 7 rings (SSSR count). The van der Waals surface area contributed by atoms with Gasteiger partial charge < -0.3 is 14.6 Å². The monoisotopic (exact) mass is 456 g/mol. The first-order chi connectivity index (χ1) is 16.6. The predicted octanol–water partition coefficient (Wildman–Crippen LogP) is 3.81. The number of piperazine rings is 1. The number of pyridine rings is 2. The highest BCUT2D eigenvalue weighted by Gasteiger charge is 2.48. The smallest absolute Gasteiger partial charge is 0.236 e. The van der Waals surface area contributed by atoms with Gasteiger partial charge >= 0.3 is 0 Å². The molecule has 3 saturated heterocycles. The van der Waals surface area contributed by atoms with Gasteiger partial charge in [0.1, 0.15) is 17.5 Å². The second kappa shape index (κ2) is 8.05. The summed E-state index contributed by atoms with van der Waals surface area (Å²) in [6, 6.07) is 9.00. The Morgan fingerprint density at radius 3 is 2.79 bits per heavy atom. The van der Waals surface area contributed by atoms with Crippen LogP contribution < -0.4 is 4.90 Å². The van der Waals surface area contributed by atoms with Gasteiger partial charge in [-0.1, -0.05) is 18.2 Å². The fraction of sp³-hybridized carbons (Fsp3) is 0.346. The Morgan fingerprint density at radius 2 is 2.06 bits per heavy atom. The van der Waals surface area contributed by atoms with Crippen molar-refractivity contribution >= 4 is 16.9 Å². The van der Waals surface area contributed by atoms with Crippen LogP contribution in [0.5, 0.6) is 0 Å². The van der Waals surface area contributed by atoms with Crippen LogP contribution in [0.3, 0.4) is 0 Å². The number of methoxy groups -OCH3 is 1. The molecule has 4 atom stereocenters. The van der Waals surface area contributed by atoms with E-state index in [1.54, 1.807) is 12.3 Å². The van der Waals surface area contributed by atoms with Gasteiger partial charge in [-0.3, -0.25) is 4.90 Å². The van der Waals surface area contributed by atoms with Crippen molar-refractivity contribution in [2.75, 3.05) is 31.6 Å². The van der Waals surface area contributed by atoms with Gasteiger partial charge in [0, 0.05) is 73.9 Å². The Kier molecular flexibility index (Phi) is 4.97. The zero-order valence-corrected chi connectivity index (χ0v) is 18.9. The zero-order chi connectivity index (χ0) is 23.3. The Labute approximate surface area is 197 Å². The molecule has 0 radical (unpaired) electrons. The average Bonchev–Trinajstić information content (AvgIpc) is 3.36. The number of piperidine rings is 1. The third kappa shape index (κ3) is 3.31. The lowest BCUT2D eigenvalue weighted by Crippen LogP contribution is -2.70. The van der Waals surface area contributed by atoms with Crippen molar-refractivity contribution < 1.29 is 9.13 Å². The first-order valence-electron chi connectivity index (χ1n) is 11.5. The number of aromatic amines is 1. The standard InChI is InChI=1S/C26H25FN6O/c1-34-26(27)8-3-2-4-19(26)14-33-20-10-21(33)16-32(15-20)23-6-5-17(12-30-23)24-18(11-28)13-31-25-22(24)7-9-29-25/h2-9,12-13,19-21H,10,14-16H2,1H3,(H,29,31). The van der Waals surface area contributed by atoms with E-state index >= 15 is 4.39 Å². The lowest BCUT2D eigenvalue weighted by molar-refractivity contribution is -0.129. The predicted molar refractivity (Wildman–Crippen MR) is 128 cm³/mol. The van der Waals surface area contributed by atoms with Crippen LogP contribution in [0.25, 0.3) is 22.2 Å². The molecule has 3 aromatic heterocycles. The molecule has 1 aliphatic carbocycles. The number of nitrogens with zero attached hydrogens (tertiary/aromatic N) is 5. The number of aromatic nitrogens is 3. The highest BCUT2D eigenvalue weighted by Crippen LogP contribution is 2.39. The van der Waals surface area contributed by atoms with E-state index in [1.807, 2.05) is 42.7 Å². The summed E-state index contributed by atoms with van der Waals surface area (Å²) >= 11 is 0. The number of alkyl halides is 1. The summed E-state index contributed by atoms with van der Waals surface area (Å²) in [7, 11) is 1.43. The van der Waals surface area contributed by atoms with E-state index in [4.69, 9.17) is 9.72 Å². The van der Waals surface area contributed by atoms with Crippen molar-refractivity contribution in [3.05, 3.63) is 66.7 Å². The second-order valence-electron chi connectivity index (χ2n) is 9.20. The maximum Gasteiger partial charge on any atom is 0.236 e. The van der Waals surface area contributed by atoms with Crippen LogP contribution in [0.15, 0.2) is 61.1 Å². The van der Waals surface area contributed by atoms with Crippen molar-refractivity contribution in [2.45, 2.75) is 24.4 Å². The molecule has 0 spiro atoms. The number of H-pyrrole nitrogens is 1. The fourth-order valence-corrected chi connectivity index (χ4v) is 5.57. The molecular weight excluding hydrogens is 431 g/mol. The number of anilines is 1. The first-order valence-corrected chi connectivity index (χ1v) is 11.5. The number of ether oxygens (including phenoxy) is 1. The summed E-state index contributed by atoms with van der Waals surface area (Å²) in [6.07, 6.45) is 13.4. The number of nitriles is 1. The number of halogens is 1. The molecule has 0 amide bonds. The third-order valence-electron chi connectivity index (χ3n) is 7.42. The van der Waals surface area contributed by atoms with Crippen LogP contribution in [-0.4, -0.2) is 64.5 Å². The van der Waals surface area contributed by atoms with E-state index in [0.717, 1.165) is 47.5 Å². The molecule has 1 N–H and O–H groups in total. The van der Waals surface area contributed by atoms with E-state index in [1.165, 1.54) is 13.2 Å². The molecule has 4 unspecified atom stereocenters. The molecule has 172 valence electrons. The summed E-state index contributed by atoms with van der Waals surface area (Å²) in [4.78, 5) is 16.9. The molecule has 0 saturated carbocycles. The Balaban J connectivity index is 1.18. The van der Waals surface area contributed by atoms with Crippen molar-refractivity contribution in [2.24, 2.45) is 5.92 Å². The maximum atomic E-state index is 15.1. The third-order valence-corrected chi connectivity index (χ3v) is 7.42. The van der Waals surface area contributed by atoms with Gasteiger partial charge in [-0.05, 0) is 30.7 Å². The molecule has 3 aliphatic heterocycles. The highest BCUT2D eigenvalue weighted by molar-refractivity contribution is 5.95. The minimum absolute atomic E-state index is 0.309. The molecule has 3 fully saturated rings. The van der Waals surface area contributed by atoms with Gasteiger partial charge in [0.25, 0.3) is 0 Å². The Morgan fingerprint density at radius 1 is 1.21 bits per heavy atom. The highest BCUT2D eigenvalue weighted by atomic mass is 19.2. The summed E-state index contributed by atoms with van der Waals surface area (Å²) in [5.41, 5.74) is 3.03. The number of fused-ring (bicyclic) bond motifs is 3. The normalized spacial score (nSPS) is 28.1. The maximum absolute atomic E-state index is 15.1. The van der Waals surface area contributed by atoms with Crippen molar-refractivity contribution in [1.82, 2.24) is 19.9 Å². The fourth-order valence-electron chi connectivity index (χ4n) is 5.57. The zero-order valence-electron chi connectivity index (χ0n) is 18.9. The number of allylic oxidation sites excluding steroid dienone is 2. The van der Waals surface area contributed by atoms with Crippen LogP contribution >= 0.6 is 0 Å². The van der Waals surface area contributed by atoms with Crippen LogP contribution in [0.4, 0.5) is 10.2 Å². The van der Waals surface area contributed by atoms with E-state index in [2.05, 4.69) is 25.8 Å².